The summed E-state index contributed by atoms with van der Waals surface area (Å²) in [5.74, 6) is -0.0620. The SMILES string of the molecule is CCc1ccc(NC(=O)[C@@H](C)Sc2nnc(N)s2)cc1. The van der Waals surface area contributed by atoms with Gasteiger partial charge in [0.2, 0.25) is 11.0 Å². The topological polar surface area (TPSA) is 80.9 Å². The average molecular weight is 308 g/mol. The molecule has 0 aliphatic carbocycles. The fourth-order valence-electron chi connectivity index (χ4n) is 1.54. The summed E-state index contributed by atoms with van der Waals surface area (Å²) in [6.07, 6.45) is 0.985. The van der Waals surface area contributed by atoms with Gasteiger partial charge in [-0.25, -0.2) is 0 Å². The predicted octanol–water partition coefficient (Wildman–Crippen LogP) is 2.80. The lowest BCUT2D eigenvalue weighted by atomic mass is 10.1. The van der Waals surface area contributed by atoms with E-state index >= 15 is 0 Å². The fraction of sp³-hybridized carbons (Fsp3) is 0.308. The molecule has 1 amide bonds. The van der Waals surface area contributed by atoms with E-state index in [-0.39, 0.29) is 11.2 Å². The normalized spacial score (nSPS) is 12.1. The first-order valence-corrected chi connectivity index (χ1v) is 7.93. The molecule has 1 heterocycles. The van der Waals surface area contributed by atoms with Crippen LogP contribution in [0.25, 0.3) is 0 Å². The molecule has 0 radical (unpaired) electrons. The van der Waals surface area contributed by atoms with Crippen LogP contribution >= 0.6 is 23.1 Å². The Morgan fingerprint density at radius 3 is 2.65 bits per heavy atom. The molecule has 2 aromatic rings. The summed E-state index contributed by atoms with van der Waals surface area (Å²) < 4.78 is 0.700. The van der Waals surface area contributed by atoms with Crippen LogP contribution in [-0.4, -0.2) is 21.4 Å². The van der Waals surface area contributed by atoms with Gasteiger partial charge in [0.05, 0.1) is 5.25 Å². The summed E-state index contributed by atoms with van der Waals surface area (Å²) >= 11 is 2.64. The number of amides is 1. The summed E-state index contributed by atoms with van der Waals surface area (Å²) in [6.45, 7) is 3.93. The van der Waals surface area contributed by atoms with Crippen molar-refractivity contribution in [1.29, 1.82) is 0 Å². The minimum Gasteiger partial charge on any atom is -0.374 e. The lowest BCUT2D eigenvalue weighted by Crippen LogP contribution is -2.22. The van der Waals surface area contributed by atoms with E-state index in [1.165, 1.54) is 28.7 Å². The van der Waals surface area contributed by atoms with Crippen LogP contribution in [0.1, 0.15) is 19.4 Å². The van der Waals surface area contributed by atoms with E-state index in [2.05, 4.69) is 22.4 Å². The second-order valence-corrected chi connectivity index (χ2v) is 6.80. The number of hydrogen-bond donors (Lipinski definition) is 2. The van der Waals surface area contributed by atoms with Crippen LogP contribution in [0.2, 0.25) is 0 Å². The fourth-order valence-corrected chi connectivity index (χ4v) is 3.32. The zero-order valence-electron chi connectivity index (χ0n) is 11.3. The third-order valence-electron chi connectivity index (χ3n) is 2.70. The molecule has 0 fully saturated rings. The van der Waals surface area contributed by atoms with Gasteiger partial charge >= 0.3 is 0 Å². The number of benzene rings is 1. The maximum absolute atomic E-state index is 12.1. The monoisotopic (exact) mass is 308 g/mol. The van der Waals surface area contributed by atoms with Gasteiger partial charge in [0, 0.05) is 5.69 Å². The van der Waals surface area contributed by atoms with E-state index in [0.717, 1.165) is 12.1 Å². The summed E-state index contributed by atoms with van der Waals surface area (Å²) in [6, 6.07) is 7.85. The number of nitrogens with zero attached hydrogens (tertiary/aromatic N) is 2. The first-order chi connectivity index (χ1) is 9.58. The molecule has 0 bridgehead atoms. The Morgan fingerprint density at radius 2 is 2.10 bits per heavy atom. The van der Waals surface area contributed by atoms with Crippen molar-refractivity contribution in [3.8, 4) is 0 Å². The standard InChI is InChI=1S/C13H16N4OS2/c1-3-9-4-6-10(7-5-9)15-11(18)8(2)19-13-17-16-12(14)20-13/h4-8H,3H2,1-2H3,(H2,14,16)(H,15,18)/t8-/m1/s1. The third kappa shape index (κ3) is 3.94. The van der Waals surface area contributed by atoms with Crippen LogP contribution in [0.4, 0.5) is 10.8 Å². The molecule has 0 aliphatic heterocycles. The van der Waals surface area contributed by atoms with Crippen LogP contribution in [0.3, 0.4) is 0 Å². The van der Waals surface area contributed by atoms with Crippen molar-refractivity contribution in [2.75, 3.05) is 11.1 Å². The van der Waals surface area contributed by atoms with Crippen molar-refractivity contribution in [3.05, 3.63) is 29.8 Å². The number of nitrogens with one attached hydrogen (secondary N) is 1. The summed E-state index contributed by atoms with van der Waals surface area (Å²) in [7, 11) is 0. The Kier molecular flexibility index (Phi) is 4.97. The Labute approximate surface area is 126 Å². The van der Waals surface area contributed by atoms with Crippen LogP contribution in [-0.2, 0) is 11.2 Å². The predicted molar refractivity (Wildman–Crippen MR) is 84.1 cm³/mol. The molecule has 1 atom stereocenters. The van der Waals surface area contributed by atoms with Gasteiger partial charge in [0.25, 0.3) is 0 Å². The van der Waals surface area contributed by atoms with Gasteiger partial charge in [0.15, 0.2) is 4.34 Å². The minimum absolute atomic E-state index is 0.0620. The van der Waals surface area contributed by atoms with Gasteiger partial charge in [-0.3, -0.25) is 4.79 Å². The average Bonchev–Trinajstić information content (AvgIpc) is 2.85. The van der Waals surface area contributed by atoms with E-state index in [0.29, 0.717) is 9.47 Å². The van der Waals surface area contributed by atoms with Crippen molar-refractivity contribution < 1.29 is 4.79 Å². The number of rotatable bonds is 5. The van der Waals surface area contributed by atoms with Crippen molar-refractivity contribution in [1.82, 2.24) is 10.2 Å². The molecule has 5 nitrogen and oxygen atoms in total. The van der Waals surface area contributed by atoms with Gasteiger partial charge in [0.1, 0.15) is 0 Å². The molecular weight excluding hydrogens is 292 g/mol. The number of hydrogen-bond acceptors (Lipinski definition) is 6. The molecule has 0 saturated heterocycles. The summed E-state index contributed by atoms with van der Waals surface area (Å²) in [4.78, 5) is 12.1. The first-order valence-electron chi connectivity index (χ1n) is 6.24. The summed E-state index contributed by atoms with van der Waals surface area (Å²) in [5.41, 5.74) is 7.56. The van der Waals surface area contributed by atoms with Crippen LogP contribution < -0.4 is 11.1 Å². The van der Waals surface area contributed by atoms with E-state index in [1.54, 1.807) is 0 Å². The highest BCUT2D eigenvalue weighted by molar-refractivity contribution is 8.02. The number of thioether (sulfide) groups is 1. The quantitative estimate of drug-likeness (QED) is 0.830. The second kappa shape index (κ2) is 6.71. The molecule has 0 spiro atoms. The molecule has 2 rings (SSSR count). The molecule has 1 aromatic carbocycles. The smallest absolute Gasteiger partial charge is 0.237 e. The maximum Gasteiger partial charge on any atom is 0.237 e. The first kappa shape index (κ1) is 14.8. The minimum atomic E-state index is -0.256. The van der Waals surface area contributed by atoms with Gasteiger partial charge in [-0.1, -0.05) is 42.2 Å². The number of aromatic nitrogens is 2. The summed E-state index contributed by atoms with van der Waals surface area (Å²) in [5, 5.41) is 10.7. The van der Waals surface area contributed by atoms with Crippen molar-refractivity contribution in [2.45, 2.75) is 29.9 Å². The van der Waals surface area contributed by atoms with Gasteiger partial charge < -0.3 is 11.1 Å². The molecule has 0 saturated carbocycles. The van der Waals surface area contributed by atoms with Gasteiger partial charge in [-0.05, 0) is 31.0 Å². The molecule has 20 heavy (non-hydrogen) atoms. The highest BCUT2D eigenvalue weighted by Gasteiger charge is 2.16. The number of nitrogens with two attached hydrogens (primary N) is 1. The van der Waals surface area contributed by atoms with Crippen LogP contribution in [0, 0.1) is 0 Å². The van der Waals surface area contributed by atoms with Gasteiger partial charge in [-0.15, -0.1) is 10.2 Å². The van der Waals surface area contributed by atoms with Crippen LogP contribution in [0.5, 0.6) is 0 Å². The zero-order valence-corrected chi connectivity index (χ0v) is 12.9. The van der Waals surface area contributed by atoms with E-state index < -0.39 is 0 Å². The molecule has 3 N–H and O–H groups in total. The number of carbonyl (C=O) groups excluding carboxylic acids is 1. The molecule has 0 unspecified atom stereocenters. The Bertz CT molecular complexity index is 582. The molecule has 1 aromatic heterocycles. The highest BCUT2D eigenvalue weighted by Crippen LogP contribution is 2.28. The van der Waals surface area contributed by atoms with Gasteiger partial charge in [-0.2, -0.15) is 0 Å². The Morgan fingerprint density at radius 1 is 1.40 bits per heavy atom. The maximum atomic E-state index is 12.1. The largest absolute Gasteiger partial charge is 0.374 e. The number of carbonyl (C=O) groups is 1. The molecule has 106 valence electrons. The lowest BCUT2D eigenvalue weighted by Gasteiger charge is -2.10. The zero-order chi connectivity index (χ0) is 14.5. The molecule has 7 heteroatoms. The Balaban J connectivity index is 1.93. The van der Waals surface area contributed by atoms with E-state index in [4.69, 9.17) is 5.73 Å². The van der Waals surface area contributed by atoms with E-state index in [9.17, 15) is 4.79 Å². The molecular formula is C13H16N4OS2. The third-order valence-corrected chi connectivity index (χ3v) is 4.64. The number of anilines is 2. The van der Waals surface area contributed by atoms with Crippen LogP contribution in [0.15, 0.2) is 28.6 Å². The Hall–Kier alpha value is -1.60. The lowest BCUT2D eigenvalue weighted by molar-refractivity contribution is -0.115. The van der Waals surface area contributed by atoms with Crippen molar-refractivity contribution in [3.63, 3.8) is 0 Å². The number of nitrogen functional groups attached to an aromatic ring is 1. The second-order valence-electron chi connectivity index (χ2n) is 4.21. The van der Waals surface area contributed by atoms with E-state index in [1.807, 2.05) is 31.2 Å². The van der Waals surface area contributed by atoms with Crippen molar-refractivity contribution in [2.24, 2.45) is 0 Å². The number of aryl methyl sites for hydroxylation is 1. The molecule has 0 aliphatic rings. The highest BCUT2D eigenvalue weighted by atomic mass is 32.2. The van der Waals surface area contributed by atoms with Crippen molar-refractivity contribution >= 4 is 39.8 Å².